The molecule has 0 saturated carbocycles. The maximum atomic E-state index is 13.3. The molecule has 2 aromatic rings. The first-order chi connectivity index (χ1) is 10.1. The van der Waals surface area contributed by atoms with Crippen molar-refractivity contribution >= 4 is 0 Å². The highest BCUT2D eigenvalue weighted by Crippen LogP contribution is 2.27. The zero-order valence-electron chi connectivity index (χ0n) is 11.3. The molecule has 110 valence electrons. The lowest BCUT2D eigenvalue weighted by Crippen LogP contribution is -2.22. The fourth-order valence-corrected chi connectivity index (χ4v) is 2.53. The molecule has 3 rings (SSSR count). The predicted octanol–water partition coefficient (Wildman–Crippen LogP) is 2.18. The molecular formula is C15H15FN2O3. The molecule has 1 fully saturated rings. The number of nitrogens with zero attached hydrogens (tertiary/aromatic N) is 1. The van der Waals surface area contributed by atoms with E-state index < -0.39 is 11.4 Å². The Morgan fingerprint density at radius 2 is 2.29 bits per heavy atom. The Balaban J connectivity index is 2.02. The van der Waals surface area contributed by atoms with Crippen molar-refractivity contribution in [2.75, 3.05) is 13.2 Å². The molecule has 1 atom stereocenters. The number of H-pyrrole nitrogens is 1. The lowest BCUT2D eigenvalue weighted by Gasteiger charge is -2.21. The van der Waals surface area contributed by atoms with Gasteiger partial charge in [-0.15, -0.1) is 0 Å². The molecule has 0 spiro atoms. The minimum Gasteiger partial charge on any atom is -0.493 e. The number of hydrogen-bond donors (Lipinski definition) is 2. The van der Waals surface area contributed by atoms with E-state index in [1.807, 2.05) is 0 Å². The molecule has 2 heterocycles. The summed E-state index contributed by atoms with van der Waals surface area (Å²) in [5, 5.41) is 10.1. The summed E-state index contributed by atoms with van der Waals surface area (Å²) in [4.78, 5) is 18.9. The van der Waals surface area contributed by atoms with Gasteiger partial charge in [0.25, 0.3) is 5.56 Å². The Morgan fingerprint density at radius 1 is 1.43 bits per heavy atom. The van der Waals surface area contributed by atoms with E-state index in [1.54, 1.807) is 6.07 Å². The summed E-state index contributed by atoms with van der Waals surface area (Å²) in [6.45, 7) is 1.18. The van der Waals surface area contributed by atoms with Crippen LogP contribution in [0.5, 0.6) is 5.88 Å². The van der Waals surface area contributed by atoms with Gasteiger partial charge >= 0.3 is 0 Å². The second-order valence-corrected chi connectivity index (χ2v) is 5.07. The van der Waals surface area contributed by atoms with Crippen molar-refractivity contribution in [3.05, 3.63) is 46.3 Å². The van der Waals surface area contributed by atoms with Gasteiger partial charge in [-0.2, -0.15) is 4.98 Å². The van der Waals surface area contributed by atoms with E-state index in [2.05, 4.69) is 9.97 Å². The Labute approximate surface area is 120 Å². The number of ether oxygens (including phenoxy) is 1. The van der Waals surface area contributed by atoms with E-state index in [-0.39, 0.29) is 17.4 Å². The molecule has 21 heavy (non-hydrogen) atoms. The zero-order valence-corrected chi connectivity index (χ0v) is 11.3. The van der Waals surface area contributed by atoms with Crippen molar-refractivity contribution in [2.24, 2.45) is 0 Å². The highest BCUT2D eigenvalue weighted by atomic mass is 19.1. The van der Waals surface area contributed by atoms with Crippen LogP contribution >= 0.6 is 0 Å². The monoisotopic (exact) mass is 290 g/mol. The minimum absolute atomic E-state index is 0.0185. The molecule has 0 aliphatic carbocycles. The van der Waals surface area contributed by atoms with Crippen LogP contribution in [0.25, 0.3) is 11.1 Å². The second kappa shape index (κ2) is 5.65. The van der Waals surface area contributed by atoms with Gasteiger partial charge in [-0.1, -0.05) is 12.1 Å². The number of benzene rings is 1. The van der Waals surface area contributed by atoms with Gasteiger partial charge in [-0.05, 0) is 30.5 Å². The van der Waals surface area contributed by atoms with Gasteiger partial charge in [0.05, 0.1) is 6.61 Å². The Morgan fingerprint density at radius 3 is 2.95 bits per heavy atom. The van der Waals surface area contributed by atoms with Gasteiger partial charge in [0.2, 0.25) is 5.88 Å². The van der Waals surface area contributed by atoms with E-state index in [4.69, 9.17) is 4.74 Å². The third-order valence-electron chi connectivity index (χ3n) is 3.58. The van der Waals surface area contributed by atoms with E-state index in [0.29, 0.717) is 24.6 Å². The lowest BCUT2D eigenvalue weighted by atomic mass is 10.0. The van der Waals surface area contributed by atoms with Crippen molar-refractivity contribution in [2.45, 2.75) is 18.8 Å². The lowest BCUT2D eigenvalue weighted by molar-refractivity contribution is 0.0778. The number of hydrogen-bond acceptors (Lipinski definition) is 4. The Kier molecular flexibility index (Phi) is 3.70. The molecule has 6 heteroatoms. The summed E-state index contributed by atoms with van der Waals surface area (Å²) < 4.78 is 18.6. The number of aromatic hydroxyl groups is 1. The third kappa shape index (κ3) is 2.80. The van der Waals surface area contributed by atoms with Crippen LogP contribution in [0.3, 0.4) is 0 Å². The minimum atomic E-state index is -0.478. The van der Waals surface area contributed by atoms with E-state index in [9.17, 15) is 14.3 Å². The highest BCUT2D eigenvalue weighted by molar-refractivity contribution is 5.67. The molecule has 1 aliphatic heterocycles. The molecule has 1 saturated heterocycles. The third-order valence-corrected chi connectivity index (χ3v) is 3.58. The zero-order chi connectivity index (χ0) is 14.8. The molecule has 2 N–H and O–H groups in total. The topological polar surface area (TPSA) is 75.2 Å². The standard InChI is InChI=1S/C15H15FN2O3/c16-11-5-1-3-9(7-11)12-14(19)17-13(18-15(12)20)10-4-2-6-21-8-10/h1,3,5,7,10H,2,4,6,8H2,(H2,17,18,19,20). The van der Waals surface area contributed by atoms with Crippen LogP contribution in [0.2, 0.25) is 0 Å². The van der Waals surface area contributed by atoms with Crippen LogP contribution in [0, 0.1) is 5.82 Å². The van der Waals surface area contributed by atoms with Gasteiger partial charge < -0.3 is 14.8 Å². The molecule has 1 aromatic heterocycles. The quantitative estimate of drug-likeness (QED) is 0.889. The Bertz CT molecular complexity index is 708. The van der Waals surface area contributed by atoms with Crippen molar-refractivity contribution < 1.29 is 14.2 Å². The van der Waals surface area contributed by atoms with Gasteiger partial charge in [-0.3, -0.25) is 4.79 Å². The first-order valence-electron chi connectivity index (χ1n) is 6.82. The molecule has 1 aliphatic rings. The molecule has 0 amide bonds. The van der Waals surface area contributed by atoms with E-state index in [0.717, 1.165) is 12.8 Å². The fourth-order valence-electron chi connectivity index (χ4n) is 2.53. The van der Waals surface area contributed by atoms with Crippen molar-refractivity contribution in [1.29, 1.82) is 0 Å². The first kappa shape index (κ1) is 13.8. The summed E-state index contributed by atoms with van der Waals surface area (Å²) in [6, 6.07) is 5.50. The molecule has 1 unspecified atom stereocenters. The summed E-state index contributed by atoms with van der Waals surface area (Å²) in [6.07, 6.45) is 1.74. The van der Waals surface area contributed by atoms with Gasteiger partial charge in [0, 0.05) is 12.5 Å². The maximum Gasteiger partial charge on any atom is 0.262 e. The highest BCUT2D eigenvalue weighted by Gasteiger charge is 2.21. The fraction of sp³-hybridized carbons (Fsp3) is 0.333. The van der Waals surface area contributed by atoms with Crippen molar-refractivity contribution in [3.8, 4) is 17.0 Å². The predicted molar refractivity (Wildman–Crippen MR) is 74.7 cm³/mol. The number of aromatic amines is 1. The summed E-state index contributed by atoms with van der Waals surface area (Å²) >= 11 is 0. The van der Waals surface area contributed by atoms with Gasteiger partial charge in [-0.25, -0.2) is 4.39 Å². The van der Waals surface area contributed by atoms with Crippen LogP contribution in [0.1, 0.15) is 24.6 Å². The molecule has 1 aromatic carbocycles. The number of rotatable bonds is 2. The van der Waals surface area contributed by atoms with Crippen LogP contribution in [0.4, 0.5) is 4.39 Å². The van der Waals surface area contributed by atoms with Crippen LogP contribution < -0.4 is 5.56 Å². The smallest absolute Gasteiger partial charge is 0.262 e. The van der Waals surface area contributed by atoms with Crippen LogP contribution in [-0.2, 0) is 4.74 Å². The average molecular weight is 290 g/mol. The van der Waals surface area contributed by atoms with E-state index >= 15 is 0 Å². The number of aromatic nitrogens is 2. The summed E-state index contributed by atoms with van der Waals surface area (Å²) in [7, 11) is 0. The first-order valence-corrected chi connectivity index (χ1v) is 6.82. The van der Waals surface area contributed by atoms with Gasteiger partial charge in [0.1, 0.15) is 17.2 Å². The van der Waals surface area contributed by atoms with Crippen LogP contribution in [-0.4, -0.2) is 28.3 Å². The molecule has 5 nitrogen and oxygen atoms in total. The Hall–Kier alpha value is -2.21. The number of nitrogens with one attached hydrogen (secondary N) is 1. The number of halogens is 1. The molecule has 0 bridgehead atoms. The summed E-state index contributed by atoms with van der Waals surface area (Å²) in [5.41, 5.74) is -0.198. The average Bonchev–Trinajstić information content (AvgIpc) is 2.47. The largest absolute Gasteiger partial charge is 0.493 e. The second-order valence-electron chi connectivity index (χ2n) is 5.07. The normalized spacial score (nSPS) is 18.6. The molecule has 0 radical (unpaired) electrons. The SMILES string of the molecule is O=c1[nH]c(C2CCCOC2)nc(O)c1-c1cccc(F)c1. The summed E-state index contributed by atoms with van der Waals surface area (Å²) in [5.74, 6) is -0.475. The van der Waals surface area contributed by atoms with Crippen LogP contribution in [0.15, 0.2) is 29.1 Å². The van der Waals surface area contributed by atoms with Crippen molar-refractivity contribution in [1.82, 2.24) is 9.97 Å². The molecular weight excluding hydrogens is 275 g/mol. The van der Waals surface area contributed by atoms with Crippen molar-refractivity contribution in [3.63, 3.8) is 0 Å². The van der Waals surface area contributed by atoms with Gasteiger partial charge in [0.15, 0.2) is 0 Å². The maximum absolute atomic E-state index is 13.3. The van der Waals surface area contributed by atoms with E-state index in [1.165, 1.54) is 18.2 Å².